The molecule has 0 radical (unpaired) electrons. The van der Waals surface area contributed by atoms with Crippen molar-refractivity contribution >= 4 is 5.69 Å². The van der Waals surface area contributed by atoms with E-state index in [9.17, 15) is 0 Å². The number of hydrogen-bond acceptors (Lipinski definition) is 3. The highest BCUT2D eigenvalue weighted by molar-refractivity contribution is 5.42. The molecule has 2 heterocycles. The van der Waals surface area contributed by atoms with E-state index in [0.29, 0.717) is 5.54 Å². The van der Waals surface area contributed by atoms with Gasteiger partial charge in [0.2, 0.25) is 0 Å². The molecule has 0 aromatic carbocycles. The van der Waals surface area contributed by atoms with Gasteiger partial charge in [-0.15, -0.1) is 0 Å². The molecule has 1 aliphatic rings. The summed E-state index contributed by atoms with van der Waals surface area (Å²) in [6, 6.07) is 0. The molecule has 1 aromatic heterocycles. The summed E-state index contributed by atoms with van der Waals surface area (Å²) in [7, 11) is 1.97. The van der Waals surface area contributed by atoms with Gasteiger partial charge in [0.25, 0.3) is 0 Å². The molecule has 4 heteroatoms. The Hall–Kier alpha value is -1.03. The quantitative estimate of drug-likeness (QED) is 0.716. The Labute approximate surface area is 97.8 Å². The predicted molar refractivity (Wildman–Crippen MR) is 66.7 cm³/mol. The van der Waals surface area contributed by atoms with Gasteiger partial charge in [-0.25, -0.2) is 0 Å². The van der Waals surface area contributed by atoms with Crippen LogP contribution in [0.1, 0.15) is 20.8 Å². The fourth-order valence-corrected chi connectivity index (χ4v) is 2.21. The largest absolute Gasteiger partial charge is 0.366 e. The molecular weight excluding hydrogens is 200 g/mol. The van der Waals surface area contributed by atoms with Gasteiger partial charge in [0.1, 0.15) is 0 Å². The van der Waals surface area contributed by atoms with Crippen molar-refractivity contribution in [3.05, 3.63) is 12.4 Å². The Bertz CT molecular complexity index is 342. The number of aryl methyl sites for hydroxylation is 1. The van der Waals surface area contributed by atoms with Crippen molar-refractivity contribution < 1.29 is 0 Å². The van der Waals surface area contributed by atoms with Crippen molar-refractivity contribution in [2.75, 3.05) is 31.1 Å². The van der Waals surface area contributed by atoms with Gasteiger partial charge in [0, 0.05) is 45.0 Å². The molecule has 90 valence electrons. The van der Waals surface area contributed by atoms with Crippen molar-refractivity contribution in [3.8, 4) is 0 Å². The first-order valence-electron chi connectivity index (χ1n) is 5.95. The summed E-state index contributed by atoms with van der Waals surface area (Å²) in [6.45, 7) is 11.3. The first-order chi connectivity index (χ1) is 7.47. The van der Waals surface area contributed by atoms with Gasteiger partial charge in [-0.3, -0.25) is 9.58 Å². The van der Waals surface area contributed by atoms with Gasteiger partial charge in [0.15, 0.2) is 0 Å². The first kappa shape index (κ1) is 11.5. The summed E-state index contributed by atoms with van der Waals surface area (Å²) in [5, 5.41) is 4.22. The first-order valence-corrected chi connectivity index (χ1v) is 5.95. The predicted octanol–water partition coefficient (Wildman–Crippen LogP) is 1.34. The molecule has 1 fully saturated rings. The minimum atomic E-state index is 0.293. The average molecular weight is 222 g/mol. The molecule has 1 saturated heterocycles. The third kappa shape index (κ3) is 2.38. The lowest BCUT2D eigenvalue weighted by molar-refractivity contribution is 0.128. The Morgan fingerprint density at radius 1 is 1.12 bits per heavy atom. The van der Waals surface area contributed by atoms with Crippen molar-refractivity contribution in [2.24, 2.45) is 7.05 Å². The molecule has 1 aromatic rings. The van der Waals surface area contributed by atoms with Gasteiger partial charge in [-0.1, -0.05) is 0 Å². The number of anilines is 1. The Kier molecular flexibility index (Phi) is 2.93. The highest BCUT2D eigenvalue weighted by atomic mass is 15.3. The summed E-state index contributed by atoms with van der Waals surface area (Å²) < 4.78 is 1.87. The maximum Gasteiger partial charge on any atom is 0.0753 e. The molecule has 2 rings (SSSR count). The van der Waals surface area contributed by atoms with E-state index in [1.54, 1.807) is 0 Å². The molecule has 1 aliphatic heterocycles. The van der Waals surface area contributed by atoms with E-state index in [4.69, 9.17) is 0 Å². The van der Waals surface area contributed by atoms with Crippen molar-refractivity contribution in [3.63, 3.8) is 0 Å². The minimum Gasteiger partial charge on any atom is -0.366 e. The maximum atomic E-state index is 4.22. The Morgan fingerprint density at radius 2 is 1.75 bits per heavy atom. The fraction of sp³-hybridized carbons (Fsp3) is 0.750. The zero-order valence-corrected chi connectivity index (χ0v) is 10.8. The molecule has 4 nitrogen and oxygen atoms in total. The number of nitrogens with zero attached hydrogens (tertiary/aromatic N) is 4. The van der Waals surface area contributed by atoms with Crippen LogP contribution < -0.4 is 4.90 Å². The lowest BCUT2D eigenvalue weighted by Gasteiger charge is -2.42. The summed E-state index contributed by atoms with van der Waals surface area (Å²) in [6.07, 6.45) is 4.04. The second kappa shape index (κ2) is 4.09. The third-order valence-electron chi connectivity index (χ3n) is 3.28. The van der Waals surface area contributed by atoms with Crippen LogP contribution in [0, 0.1) is 0 Å². The van der Waals surface area contributed by atoms with E-state index in [-0.39, 0.29) is 0 Å². The highest BCUT2D eigenvalue weighted by Gasteiger charge is 2.26. The van der Waals surface area contributed by atoms with Crippen LogP contribution in [0.25, 0.3) is 0 Å². The van der Waals surface area contributed by atoms with Gasteiger partial charge in [-0.05, 0) is 20.8 Å². The van der Waals surface area contributed by atoms with E-state index < -0.39 is 0 Å². The molecule has 0 unspecified atom stereocenters. The van der Waals surface area contributed by atoms with E-state index >= 15 is 0 Å². The molecule has 0 bridgehead atoms. The van der Waals surface area contributed by atoms with Crippen molar-refractivity contribution in [2.45, 2.75) is 26.3 Å². The standard InChI is InChI=1S/C12H22N4/c1-12(2,3)16-7-5-15(6-8-16)11-9-13-14(4)10-11/h9-10H,5-8H2,1-4H3. The fourth-order valence-electron chi connectivity index (χ4n) is 2.21. The maximum absolute atomic E-state index is 4.22. The monoisotopic (exact) mass is 222 g/mol. The van der Waals surface area contributed by atoms with E-state index in [1.165, 1.54) is 5.69 Å². The summed E-state index contributed by atoms with van der Waals surface area (Å²) >= 11 is 0. The molecular formula is C12H22N4. The molecule has 0 saturated carbocycles. The van der Waals surface area contributed by atoms with Crippen LogP contribution in [0.2, 0.25) is 0 Å². The SMILES string of the molecule is Cn1cc(N2CCN(C(C)(C)C)CC2)cn1. The van der Waals surface area contributed by atoms with Crippen LogP contribution in [0.4, 0.5) is 5.69 Å². The lowest BCUT2D eigenvalue weighted by atomic mass is 10.0. The molecule has 16 heavy (non-hydrogen) atoms. The second-order valence-corrected chi connectivity index (χ2v) is 5.52. The Balaban J connectivity index is 1.95. The van der Waals surface area contributed by atoms with Crippen LogP contribution in [0.15, 0.2) is 12.4 Å². The van der Waals surface area contributed by atoms with Gasteiger partial charge in [0.05, 0.1) is 11.9 Å². The molecule has 0 N–H and O–H groups in total. The van der Waals surface area contributed by atoms with Crippen LogP contribution in [0.3, 0.4) is 0 Å². The molecule has 0 spiro atoms. The van der Waals surface area contributed by atoms with E-state index in [0.717, 1.165) is 26.2 Å². The molecule has 0 atom stereocenters. The van der Waals surface area contributed by atoms with Gasteiger partial charge in [-0.2, -0.15) is 5.10 Å². The molecule has 0 amide bonds. The lowest BCUT2D eigenvalue weighted by Crippen LogP contribution is -2.53. The van der Waals surface area contributed by atoms with Crippen LogP contribution in [-0.2, 0) is 7.05 Å². The normalized spacial score (nSPS) is 19.1. The number of aromatic nitrogens is 2. The van der Waals surface area contributed by atoms with Crippen molar-refractivity contribution in [1.29, 1.82) is 0 Å². The second-order valence-electron chi connectivity index (χ2n) is 5.52. The van der Waals surface area contributed by atoms with Gasteiger partial charge >= 0.3 is 0 Å². The topological polar surface area (TPSA) is 24.3 Å². The van der Waals surface area contributed by atoms with E-state index in [2.05, 4.69) is 41.9 Å². The van der Waals surface area contributed by atoms with E-state index in [1.807, 2.05) is 17.9 Å². The summed E-state index contributed by atoms with van der Waals surface area (Å²) in [4.78, 5) is 4.95. The number of piperazine rings is 1. The minimum absolute atomic E-state index is 0.293. The summed E-state index contributed by atoms with van der Waals surface area (Å²) in [5.41, 5.74) is 1.54. The smallest absolute Gasteiger partial charge is 0.0753 e. The van der Waals surface area contributed by atoms with Crippen molar-refractivity contribution in [1.82, 2.24) is 14.7 Å². The third-order valence-corrected chi connectivity index (χ3v) is 3.28. The average Bonchev–Trinajstić information content (AvgIpc) is 2.64. The van der Waals surface area contributed by atoms with Gasteiger partial charge < -0.3 is 4.90 Å². The highest BCUT2D eigenvalue weighted by Crippen LogP contribution is 2.19. The number of rotatable bonds is 1. The zero-order chi connectivity index (χ0) is 11.8. The van der Waals surface area contributed by atoms with Crippen LogP contribution >= 0.6 is 0 Å². The van der Waals surface area contributed by atoms with Crippen LogP contribution in [-0.4, -0.2) is 46.4 Å². The Morgan fingerprint density at radius 3 is 2.19 bits per heavy atom. The van der Waals surface area contributed by atoms with Crippen LogP contribution in [0.5, 0.6) is 0 Å². The zero-order valence-electron chi connectivity index (χ0n) is 10.8. The molecule has 0 aliphatic carbocycles. The summed E-state index contributed by atoms with van der Waals surface area (Å²) in [5.74, 6) is 0. The number of hydrogen-bond donors (Lipinski definition) is 0.